The maximum Gasteiger partial charge on any atom is 4.00 e. The zero-order valence-electron chi connectivity index (χ0n) is 15.1. The molecule has 26 heavy (non-hydrogen) atoms. The smallest absolute Gasteiger partial charge is 0.269 e. The van der Waals surface area contributed by atoms with Crippen LogP contribution in [0.3, 0.4) is 0 Å². The van der Waals surface area contributed by atoms with Crippen LogP contribution in [-0.4, -0.2) is 0 Å². The van der Waals surface area contributed by atoms with E-state index in [1.54, 1.807) is 0 Å². The zero-order chi connectivity index (χ0) is 17.7. The van der Waals surface area contributed by atoms with E-state index in [1.165, 1.54) is 11.1 Å². The van der Waals surface area contributed by atoms with Gasteiger partial charge in [0.15, 0.2) is 0 Å². The van der Waals surface area contributed by atoms with Gasteiger partial charge in [-0.1, -0.05) is 18.6 Å². The first-order valence-corrected chi connectivity index (χ1v) is 8.50. The Hall–Kier alpha value is -2.15. The second-order valence-corrected chi connectivity index (χ2v) is 5.76. The summed E-state index contributed by atoms with van der Waals surface area (Å²) in [5, 5.41) is 0. The van der Waals surface area contributed by atoms with Crippen LogP contribution >= 0.6 is 0 Å². The third-order valence-electron chi connectivity index (χ3n) is 3.60. The Labute approximate surface area is 173 Å². The first kappa shape index (κ1) is 21.9. The Morgan fingerprint density at radius 2 is 1.04 bits per heavy atom. The van der Waals surface area contributed by atoms with Crippen molar-refractivity contribution in [1.29, 1.82) is 0 Å². The van der Waals surface area contributed by atoms with Crippen molar-refractivity contribution in [3.05, 3.63) is 133 Å². The van der Waals surface area contributed by atoms with Crippen LogP contribution in [0, 0.1) is 26.0 Å². The Morgan fingerprint density at radius 3 is 1.27 bits per heavy atom. The van der Waals surface area contributed by atoms with Gasteiger partial charge in [-0.2, -0.15) is 61.4 Å². The van der Waals surface area contributed by atoms with E-state index in [0.717, 1.165) is 30.4 Å². The molecule has 128 valence electrons. The molecule has 0 unspecified atom stereocenters. The summed E-state index contributed by atoms with van der Waals surface area (Å²) in [6, 6.07) is 19.7. The van der Waals surface area contributed by atoms with Gasteiger partial charge in [0.1, 0.15) is 0 Å². The monoisotopic (exact) mass is 372 g/mol. The summed E-state index contributed by atoms with van der Waals surface area (Å²) < 4.78 is 0. The Bertz CT molecular complexity index is 669. The van der Waals surface area contributed by atoms with Crippen molar-refractivity contribution in [2.24, 2.45) is 0 Å². The molecule has 0 aromatic heterocycles. The predicted octanol–water partition coefficient (Wildman–Crippen LogP) is 6.49. The van der Waals surface area contributed by atoms with Gasteiger partial charge in [0.05, 0.1) is 0 Å². The van der Waals surface area contributed by atoms with Crippen LogP contribution in [-0.2, 0) is 21.7 Å². The molecule has 0 N–H and O–H groups in total. The SMILES string of the molecule is [C-]1=C(CC2=[C-]CC=C2)C=CC1.[CH2-]c1ccccc1.[CH2-]c1ccccc1.[Ti+4]. The second kappa shape index (κ2) is 13.1. The van der Waals surface area contributed by atoms with E-state index in [2.05, 4.69) is 50.3 Å². The van der Waals surface area contributed by atoms with Gasteiger partial charge in [0.25, 0.3) is 0 Å². The minimum absolute atomic E-state index is 0. The molecule has 1 heteroatoms. The second-order valence-electron chi connectivity index (χ2n) is 5.76. The van der Waals surface area contributed by atoms with E-state index in [0.29, 0.717) is 0 Å². The van der Waals surface area contributed by atoms with E-state index in [9.17, 15) is 0 Å². The van der Waals surface area contributed by atoms with Crippen molar-refractivity contribution in [2.45, 2.75) is 19.3 Å². The molecule has 0 aliphatic heterocycles. The van der Waals surface area contributed by atoms with E-state index in [4.69, 9.17) is 0 Å². The number of rotatable bonds is 2. The summed E-state index contributed by atoms with van der Waals surface area (Å²) in [6.07, 6.45) is 18.2. The topological polar surface area (TPSA) is 0 Å². The summed E-state index contributed by atoms with van der Waals surface area (Å²) in [5.41, 5.74) is 4.78. The van der Waals surface area contributed by atoms with Gasteiger partial charge < -0.3 is 0 Å². The fourth-order valence-corrected chi connectivity index (χ4v) is 2.30. The predicted molar refractivity (Wildman–Crippen MR) is 107 cm³/mol. The third kappa shape index (κ3) is 9.37. The summed E-state index contributed by atoms with van der Waals surface area (Å²) in [6.45, 7) is 7.44. The quantitative estimate of drug-likeness (QED) is 0.417. The van der Waals surface area contributed by atoms with Crippen molar-refractivity contribution in [2.75, 3.05) is 0 Å². The molecule has 0 saturated carbocycles. The minimum Gasteiger partial charge on any atom is -0.269 e. The molecule has 0 saturated heterocycles. The minimum atomic E-state index is 0. The van der Waals surface area contributed by atoms with Gasteiger partial charge >= 0.3 is 21.7 Å². The van der Waals surface area contributed by atoms with E-state index in [-0.39, 0.29) is 21.7 Å². The molecule has 0 heterocycles. The van der Waals surface area contributed by atoms with Crippen LogP contribution in [0.2, 0.25) is 0 Å². The first-order chi connectivity index (χ1) is 12.2. The van der Waals surface area contributed by atoms with Gasteiger partial charge in [0.2, 0.25) is 0 Å². The van der Waals surface area contributed by atoms with E-state index >= 15 is 0 Å². The van der Waals surface area contributed by atoms with Crippen molar-refractivity contribution >= 4 is 0 Å². The summed E-state index contributed by atoms with van der Waals surface area (Å²) in [7, 11) is 0. The van der Waals surface area contributed by atoms with Crippen LogP contribution in [0.5, 0.6) is 0 Å². The molecule has 4 rings (SSSR count). The molecule has 0 fully saturated rings. The number of allylic oxidation sites excluding steroid dienone is 8. The van der Waals surface area contributed by atoms with Crippen LogP contribution in [0.25, 0.3) is 0 Å². The summed E-state index contributed by atoms with van der Waals surface area (Å²) in [5.74, 6) is 0. The Balaban J connectivity index is 0.000000200. The van der Waals surface area contributed by atoms with Gasteiger partial charge in [-0.25, -0.2) is 23.3 Å². The van der Waals surface area contributed by atoms with Crippen molar-refractivity contribution in [3.63, 3.8) is 0 Å². The fourth-order valence-electron chi connectivity index (χ4n) is 2.30. The molecule has 0 amide bonds. The molecule has 2 aliphatic carbocycles. The van der Waals surface area contributed by atoms with Gasteiger partial charge in [0, 0.05) is 0 Å². The molecule has 2 aromatic rings. The van der Waals surface area contributed by atoms with Crippen LogP contribution in [0.1, 0.15) is 30.4 Å². The maximum absolute atomic E-state index is 3.72. The number of benzene rings is 2. The van der Waals surface area contributed by atoms with Gasteiger partial charge in [-0.3, -0.25) is 12.2 Å². The molecular weight excluding hydrogens is 348 g/mol. The normalized spacial score (nSPS) is 13.4. The molecule has 2 aromatic carbocycles. The maximum atomic E-state index is 3.72. The molecule has 0 bridgehead atoms. The number of hydrogen-bond acceptors (Lipinski definition) is 0. The van der Waals surface area contributed by atoms with Crippen molar-refractivity contribution in [1.82, 2.24) is 0 Å². The Kier molecular flexibility index (Phi) is 11.0. The summed E-state index contributed by atoms with van der Waals surface area (Å²) >= 11 is 0. The summed E-state index contributed by atoms with van der Waals surface area (Å²) in [4.78, 5) is 0. The zero-order valence-corrected chi connectivity index (χ0v) is 16.7. The van der Waals surface area contributed by atoms with E-state index in [1.807, 2.05) is 60.7 Å². The van der Waals surface area contributed by atoms with Crippen molar-refractivity contribution in [3.8, 4) is 0 Å². The van der Waals surface area contributed by atoms with Crippen LogP contribution < -0.4 is 0 Å². The average Bonchev–Trinajstić information content (AvgIpc) is 3.32. The standard InChI is InChI=1S/C11H10.2C7H7.Ti/c1-2-6-10(5-1)9-11-7-3-4-8-11;2*1-7-5-3-2-4-6-7;/h1,3,5,7H,2,4,9H2;2*2-6H,1H2;/q-2;2*-1;+4. The fraction of sp³-hybridized carbons (Fsp3) is 0.120. The van der Waals surface area contributed by atoms with Crippen LogP contribution in [0.4, 0.5) is 0 Å². The molecule has 0 atom stereocenters. The molecule has 0 nitrogen and oxygen atoms in total. The third-order valence-corrected chi connectivity index (χ3v) is 3.60. The largest absolute Gasteiger partial charge is 4.00 e. The van der Waals surface area contributed by atoms with Gasteiger partial charge in [-0.15, -0.1) is 37.1 Å². The van der Waals surface area contributed by atoms with E-state index < -0.39 is 0 Å². The number of hydrogen-bond donors (Lipinski definition) is 0. The molecule has 2 aliphatic rings. The van der Waals surface area contributed by atoms with Crippen LogP contribution in [0.15, 0.2) is 96.1 Å². The Morgan fingerprint density at radius 1 is 0.654 bits per heavy atom. The average molecular weight is 372 g/mol. The van der Waals surface area contributed by atoms with Gasteiger partial charge in [-0.05, 0) is 0 Å². The molecule has 0 spiro atoms. The first-order valence-electron chi connectivity index (χ1n) is 8.50. The van der Waals surface area contributed by atoms with Crippen molar-refractivity contribution < 1.29 is 21.7 Å². The molecule has 0 radical (unpaired) electrons. The molecular formula is C25H24Ti.